The molecule has 0 aliphatic carbocycles. The highest BCUT2D eigenvalue weighted by molar-refractivity contribution is 6.17. The minimum Gasteiger partial charge on any atom is -0.309 e. The van der Waals surface area contributed by atoms with Gasteiger partial charge >= 0.3 is 0 Å². The average molecular weight is 748 g/mol. The third-order valence-electron chi connectivity index (χ3n) is 10.3. The summed E-state index contributed by atoms with van der Waals surface area (Å²) in [6.45, 7) is 0. The smallest absolute Gasteiger partial charge is 0.0652 e. The molecule has 12 aromatic rings. The minimum absolute atomic E-state index is 0.222. The molecule has 266 valence electrons. The van der Waals surface area contributed by atoms with Crippen LogP contribution in [0.1, 0.15) is 30.2 Å². The molecule has 0 unspecified atom stereocenters. The van der Waals surface area contributed by atoms with Crippen molar-refractivity contribution < 1.29 is 30.2 Å². The lowest BCUT2D eigenvalue weighted by molar-refractivity contribution is 1.17. The first-order valence-corrected chi connectivity index (χ1v) is 17.8. The van der Waals surface area contributed by atoms with Crippen molar-refractivity contribution in [2.24, 2.45) is 0 Å². The first-order chi connectivity index (χ1) is 37.5. The Morgan fingerprint density at radius 1 is 0.333 bits per heavy atom. The molecule has 12 rings (SSSR count). The number of hydrogen-bond donors (Lipinski definition) is 0. The van der Waals surface area contributed by atoms with E-state index in [2.05, 4.69) is 0 Å². The van der Waals surface area contributed by atoms with Gasteiger partial charge in [0.1, 0.15) is 0 Å². The summed E-state index contributed by atoms with van der Waals surface area (Å²) in [4.78, 5) is 0. The number of benzene rings is 9. The van der Waals surface area contributed by atoms with E-state index in [1.807, 2.05) is 24.3 Å². The monoisotopic (exact) mass is 747 g/mol. The van der Waals surface area contributed by atoms with E-state index >= 15 is 0 Å². The molecule has 0 saturated carbocycles. The average Bonchev–Trinajstić information content (AvgIpc) is 3.31. The number of nitrogens with zero attached hydrogens (tertiary/aromatic N) is 3. The van der Waals surface area contributed by atoms with Crippen LogP contribution in [0.25, 0.3) is 105 Å². The molecule has 0 fully saturated rings. The lowest BCUT2D eigenvalue weighted by Crippen LogP contribution is -2.01. The fourth-order valence-corrected chi connectivity index (χ4v) is 7.92. The number of hydrogen-bond acceptors (Lipinski definition) is 0. The van der Waals surface area contributed by atoms with Gasteiger partial charge in [-0.05, 0) is 65.5 Å². The van der Waals surface area contributed by atoms with E-state index in [-0.39, 0.29) is 27.5 Å². The molecule has 0 atom stereocenters. The van der Waals surface area contributed by atoms with Crippen molar-refractivity contribution in [3.8, 4) is 39.3 Å². The minimum atomic E-state index is -0.935. The van der Waals surface area contributed by atoms with Gasteiger partial charge in [-0.25, -0.2) is 0 Å². The zero-order valence-corrected chi connectivity index (χ0v) is 29.3. The fraction of sp³-hybridized carbons (Fsp3) is 0. The molecule has 3 aromatic heterocycles. The molecule has 3 heterocycles. The number of rotatable bonds is 5. The lowest BCUT2D eigenvalue weighted by atomic mass is 9.95. The second kappa shape index (κ2) is 12.5. The summed E-state index contributed by atoms with van der Waals surface area (Å²) < 4.78 is 208. The summed E-state index contributed by atoms with van der Waals surface area (Å²) >= 11 is 0. The predicted octanol–water partition coefficient (Wildman–Crippen LogP) is 14.3. The molecule has 0 saturated heterocycles. The molecule has 9 aromatic carbocycles. The van der Waals surface area contributed by atoms with Crippen molar-refractivity contribution in [3.05, 3.63) is 212 Å². The van der Waals surface area contributed by atoms with Gasteiger partial charge in [0.05, 0.1) is 74.6 Å². The van der Waals surface area contributed by atoms with Crippen LogP contribution >= 0.6 is 0 Å². The maximum absolute atomic E-state index is 10.2. The molecule has 0 radical (unpaired) electrons. The van der Waals surface area contributed by atoms with Crippen molar-refractivity contribution in [2.75, 3.05) is 0 Å². The Labute approximate surface area is 360 Å². The van der Waals surface area contributed by atoms with Crippen molar-refractivity contribution in [3.63, 3.8) is 0 Å². The van der Waals surface area contributed by atoms with Crippen LogP contribution in [0.4, 0.5) is 0 Å². The normalized spacial score (nSPS) is 17.3. The maximum Gasteiger partial charge on any atom is 0.0652 e. The third kappa shape index (κ3) is 4.66. The fourth-order valence-electron chi connectivity index (χ4n) is 7.92. The highest BCUT2D eigenvalue weighted by Crippen LogP contribution is 2.44. The largest absolute Gasteiger partial charge is 0.309 e. The predicted molar refractivity (Wildman–Crippen MR) is 240 cm³/mol. The van der Waals surface area contributed by atoms with Crippen LogP contribution in [0.2, 0.25) is 0 Å². The standard InChI is InChI=1S/C54H35N3/c1-3-17-36(18-4-1)39-25-15-26-40(37-19-5-2-6-20-37)54(39)57-49-30-14-10-24-44(49)53-51(31-16-32-52(53)57)56-48-29-13-9-23-43(48)45-35-38(33-34-50(45)56)55-46-27-11-7-21-41(46)42-22-8-12-28-47(42)55/h1-35H/i7D,8D,9D,10D,11D,12D,13D,14D,16D,21D,22D,23D,24D,27D,28D,29D,30D,31D,32D,33D,34D,35D. The van der Waals surface area contributed by atoms with Crippen molar-refractivity contribution in [1.29, 1.82) is 0 Å². The Kier molecular flexibility index (Phi) is 3.72. The molecule has 3 heteroatoms. The van der Waals surface area contributed by atoms with E-state index in [1.165, 1.54) is 4.57 Å². The number of aromatic nitrogens is 3. The Balaban J connectivity index is 1.36. The van der Waals surface area contributed by atoms with E-state index < -0.39 is 188 Å². The van der Waals surface area contributed by atoms with Crippen molar-refractivity contribution in [2.45, 2.75) is 0 Å². The first kappa shape index (κ1) is 17.0. The summed E-state index contributed by atoms with van der Waals surface area (Å²) in [5.41, 5.74) is -1.28. The van der Waals surface area contributed by atoms with Crippen LogP contribution in [0, 0.1) is 0 Å². The Morgan fingerprint density at radius 2 is 0.807 bits per heavy atom. The Hall–Kier alpha value is -7.62. The van der Waals surface area contributed by atoms with Crippen LogP contribution < -0.4 is 0 Å². The molecular weight excluding hydrogens is 691 g/mol. The van der Waals surface area contributed by atoms with Gasteiger partial charge in [0.2, 0.25) is 0 Å². The molecule has 57 heavy (non-hydrogen) atoms. The molecule has 0 aliphatic rings. The highest BCUT2D eigenvalue weighted by Gasteiger charge is 2.23. The third-order valence-corrected chi connectivity index (χ3v) is 10.3. The molecule has 3 nitrogen and oxygen atoms in total. The molecular formula is C54H35N3. The van der Waals surface area contributed by atoms with Gasteiger partial charge in [-0.3, -0.25) is 0 Å². The lowest BCUT2D eigenvalue weighted by Gasteiger charge is -2.19. The SMILES string of the molecule is [2H]c1c([2H])c([2H])c2c(c1[2H])c1c([2H])c([2H])c([2H])c([2H])c1n2-c1c([2H])c([2H])c2c(c1[2H])c1c([2H])c([2H])c([2H])c([2H])c1n2-c1c([2H])c([2H])c([2H])c2c1c1c([2H])c([2H])c([2H])c([2H])c1n2-c1c(-c2ccccc2)cccc1-c1ccccc1. The van der Waals surface area contributed by atoms with Gasteiger partial charge in [0, 0.05) is 49.1 Å². The first-order valence-electron chi connectivity index (χ1n) is 28.8. The van der Waals surface area contributed by atoms with Crippen LogP contribution in [0.15, 0.2) is 212 Å². The summed E-state index contributed by atoms with van der Waals surface area (Å²) in [5, 5.41) is -2.44. The van der Waals surface area contributed by atoms with Gasteiger partial charge in [-0.1, -0.05) is 157 Å². The van der Waals surface area contributed by atoms with E-state index in [1.54, 1.807) is 54.6 Å². The topological polar surface area (TPSA) is 14.8 Å². The molecule has 0 amide bonds. The van der Waals surface area contributed by atoms with Crippen LogP contribution in [0.3, 0.4) is 0 Å². The van der Waals surface area contributed by atoms with Crippen LogP contribution in [0.5, 0.6) is 0 Å². The van der Waals surface area contributed by atoms with E-state index in [9.17, 15) is 13.7 Å². The second-order valence-electron chi connectivity index (χ2n) is 13.2. The van der Waals surface area contributed by atoms with Gasteiger partial charge in [0.25, 0.3) is 0 Å². The van der Waals surface area contributed by atoms with E-state index in [0.29, 0.717) is 22.3 Å². The summed E-state index contributed by atoms with van der Waals surface area (Å²) in [6.07, 6.45) is 0. The van der Waals surface area contributed by atoms with Crippen LogP contribution in [-0.4, -0.2) is 13.7 Å². The van der Waals surface area contributed by atoms with Gasteiger partial charge < -0.3 is 13.7 Å². The molecule has 0 bridgehead atoms. The molecule has 0 spiro atoms. The maximum atomic E-state index is 10.2. The van der Waals surface area contributed by atoms with Gasteiger partial charge in [0.15, 0.2) is 0 Å². The van der Waals surface area contributed by atoms with Gasteiger partial charge in [-0.15, -0.1) is 0 Å². The van der Waals surface area contributed by atoms with Crippen molar-refractivity contribution in [1.82, 2.24) is 13.7 Å². The van der Waals surface area contributed by atoms with Crippen molar-refractivity contribution >= 4 is 65.4 Å². The summed E-state index contributed by atoms with van der Waals surface area (Å²) in [6, 6.07) is 6.23. The number of fused-ring (bicyclic) bond motifs is 9. The highest BCUT2D eigenvalue weighted by atomic mass is 15.0. The zero-order valence-electron chi connectivity index (χ0n) is 51.3. The number of para-hydroxylation sites is 5. The van der Waals surface area contributed by atoms with E-state index in [0.717, 1.165) is 9.13 Å². The van der Waals surface area contributed by atoms with Crippen LogP contribution in [-0.2, 0) is 0 Å². The Bertz CT molecular complexity index is 4660. The second-order valence-corrected chi connectivity index (χ2v) is 13.2. The van der Waals surface area contributed by atoms with E-state index in [4.69, 9.17) is 16.4 Å². The molecule has 0 aliphatic heterocycles. The quantitative estimate of drug-likeness (QED) is 0.167. The summed E-state index contributed by atoms with van der Waals surface area (Å²) in [7, 11) is 0. The summed E-state index contributed by atoms with van der Waals surface area (Å²) in [5.74, 6) is 0. The molecule has 0 N–H and O–H groups in total. The van der Waals surface area contributed by atoms with Gasteiger partial charge in [-0.2, -0.15) is 0 Å². The zero-order chi connectivity index (χ0) is 56.6. The Morgan fingerprint density at radius 3 is 1.40 bits per heavy atom.